The maximum absolute atomic E-state index is 5.80. The van der Waals surface area contributed by atoms with Crippen LogP contribution in [-0.2, 0) is 9.47 Å². The minimum absolute atomic E-state index is 0.312. The van der Waals surface area contributed by atoms with Gasteiger partial charge in [-0.1, -0.05) is 0 Å². The van der Waals surface area contributed by atoms with Crippen LogP contribution in [0.25, 0.3) is 0 Å². The average Bonchev–Trinajstić information content (AvgIpc) is 2.33. The van der Waals surface area contributed by atoms with Gasteiger partial charge in [0.15, 0.2) is 0 Å². The van der Waals surface area contributed by atoms with Gasteiger partial charge in [-0.3, -0.25) is 11.3 Å². The molecule has 2 saturated heterocycles. The van der Waals surface area contributed by atoms with Crippen LogP contribution >= 0.6 is 0 Å². The normalized spacial score (nSPS) is 31.4. The van der Waals surface area contributed by atoms with Gasteiger partial charge in [-0.25, -0.2) is 0 Å². The number of hydrogen-bond acceptors (Lipinski definition) is 4. The summed E-state index contributed by atoms with van der Waals surface area (Å²) in [6, 6.07) is 0.314. The van der Waals surface area contributed by atoms with Crippen LogP contribution in [0.3, 0.4) is 0 Å². The molecule has 2 aliphatic rings. The average molecular weight is 214 g/mol. The Morgan fingerprint density at radius 2 is 1.87 bits per heavy atom. The van der Waals surface area contributed by atoms with E-state index in [9.17, 15) is 0 Å². The molecule has 0 spiro atoms. The van der Waals surface area contributed by atoms with Crippen LogP contribution in [0.4, 0.5) is 0 Å². The van der Waals surface area contributed by atoms with Crippen LogP contribution in [0.15, 0.2) is 0 Å². The van der Waals surface area contributed by atoms with E-state index in [1.165, 1.54) is 12.8 Å². The minimum atomic E-state index is 0.312. The van der Waals surface area contributed by atoms with Crippen molar-refractivity contribution in [1.82, 2.24) is 5.43 Å². The van der Waals surface area contributed by atoms with Crippen molar-refractivity contribution in [3.05, 3.63) is 0 Å². The summed E-state index contributed by atoms with van der Waals surface area (Å²) in [7, 11) is 0. The molecular weight excluding hydrogens is 192 g/mol. The van der Waals surface area contributed by atoms with Gasteiger partial charge in [-0.2, -0.15) is 0 Å². The lowest BCUT2D eigenvalue weighted by Gasteiger charge is -2.36. The zero-order chi connectivity index (χ0) is 10.5. The molecule has 2 heterocycles. The summed E-state index contributed by atoms with van der Waals surface area (Å²) in [4.78, 5) is 0. The van der Waals surface area contributed by atoms with Crippen molar-refractivity contribution in [3.8, 4) is 0 Å². The van der Waals surface area contributed by atoms with E-state index in [0.29, 0.717) is 18.1 Å². The molecule has 4 heteroatoms. The fourth-order valence-electron chi connectivity index (χ4n) is 2.67. The molecule has 0 aromatic rings. The predicted octanol–water partition coefficient (Wildman–Crippen LogP) is 0.814. The topological polar surface area (TPSA) is 56.5 Å². The van der Waals surface area contributed by atoms with Gasteiger partial charge in [0.2, 0.25) is 0 Å². The molecule has 15 heavy (non-hydrogen) atoms. The first-order chi connectivity index (χ1) is 7.42. The Labute approximate surface area is 91.5 Å². The molecule has 2 fully saturated rings. The van der Waals surface area contributed by atoms with E-state index in [0.717, 1.165) is 39.1 Å². The van der Waals surface area contributed by atoms with Crippen LogP contribution in [0, 0.1) is 5.92 Å². The van der Waals surface area contributed by atoms with Crippen LogP contribution in [-0.4, -0.2) is 32.0 Å². The number of ether oxygens (including phenoxy) is 2. The Morgan fingerprint density at radius 3 is 2.47 bits per heavy atom. The fourth-order valence-corrected chi connectivity index (χ4v) is 2.67. The van der Waals surface area contributed by atoms with Gasteiger partial charge in [-0.15, -0.1) is 0 Å². The van der Waals surface area contributed by atoms with Crippen molar-refractivity contribution in [2.75, 3.05) is 19.8 Å². The van der Waals surface area contributed by atoms with E-state index in [2.05, 4.69) is 5.43 Å². The van der Waals surface area contributed by atoms with E-state index in [1.807, 2.05) is 0 Å². The molecule has 0 saturated carbocycles. The second kappa shape index (κ2) is 5.80. The summed E-state index contributed by atoms with van der Waals surface area (Å²) < 4.78 is 11.2. The van der Waals surface area contributed by atoms with Gasteiger partial charge in [0.25, 0.3) is 0 Å². The van der Waals surface area contributed by atoms with Gasteiger partial charge in [-0.05, 0) is 38.0 Å². The molecule has 4 nitrogen and oxygen atoms in total. The lowest BCUT2D eigenvalue weighted by atomic mass is 9.86. The fraction of sp³-hybridized carbons (Fsp3) is 1.00. The van der Waals surface area contributed by atoms with Gasteiger partial charge < -0.3 is 9.47 Å². The van der Waals surface area contributed by atoms with Gasteiger partial charge in [0, 0.05) is 19.8 Å². The Hall–Kier alpha value is -0.160. The number of hydrogen-bond donors (Lipinski definition) is 2. The minimum Gasteiger partial charge on any atom is -0.381 e. The van der Waals surface area contributed by atoms with Crippen molar-refractivity contribution in [2.24, 2.45) is 11.8 Å². The van der Waals surface area contributed by atoms with Gasteiger partial charge >= 0.3 is 0 Å². The first kappa shape index (κ1) is 11.3. The molecule has 0 aromatic carbocycles. The van der Waals surface area contributed by atoms with Crippen LogP contribution < -0.4 is 11.3 Å². The Balaban J connectivity index is 1.88. The van der Waals surface area contributed by atoms with Crippen molar-refractivity contribution in [2.45, 2.75) is 44.2 Å². The molecule has 3 N–H and O–H groups in total. The number of nitrogens with one attached hydrogen (secondary N) is 1. The highest BCUT2D eigenvalue weighted by Crippen LogP contribution is 2.26. The standard InChI is InChI=1S/C11H22N2O2/c12-13-11(9-4-7-14-8-5-9)10-3-1-2-6-15-10/h9-11,13H,1-8,12H2. The van der Waals surface area contributed by atoms with E-state index in [-0.39, 0.29) is 0 Å². The van der Waals surface area contributed by atoms with Crippen LogP contribution in [0.5, 0.6) is 0 Å². The Bertz CT molecular complexity index is 159. The number of nitrogens with two attached hydrogens (primary N) is 1. The van der Waals surface area contributed by atoms with Crippen molar-refractivity contribution >= 4 is 0 Å². The van der Waals surface area contributed by atoms with Crippen LogP contribution in [0.1, 0.15) is 32.1 Å². The van der Waals surface area contributed by atoms with E-state index in [4.69, 9.17) is 15.3 Å². The lowest BCUT2D eigenvalue weighted by Crippen LogP contribution is -2.52. The molecule has 2 rings (SSSR count). The van der Waals surface area contributed by atoms with Crippen LogP contribution in [0.2, 0.25) is 0 Å². The quantitative estimate of drug-likeness (QED) is 0.539. The smallest absolute Gasteiger partial charge is 0.0744 e. The molecule has 0 bridgehead atoms. The third-order valence-electron chi connectivity index (χ3n) is 3.58. The molecule has 88 valence electrons. The summed E-state index contributed by atoms with van der Waals surface area (Å²) in [5, 5.41) is 0. The number of hydrazine groups is 1. The summed E-state index contributed by atoms with van der Waals surface area (Å²) >= 11 is 0. The third-order valence-corrected chi connectivity index (χ3v) is 3.58. The summed E-state index contributed by atoms with van der Waals surface area (Å²) in [6.07, 6.45) is 6.13. The van der Waals surface area contributed by atoms with E-state index >= 15 is 0 Å². The highest BCUT2D eigenvalue weighted by atomic mass is 16.5. The molecule has 2 atom stereocenters. The van der Waals surface area contributed by atoms with Crippen molar-refractivity contribution in [3.63, 3.8) is 0 Å². The van der Waals surface area contributed by atoms with Gasteiger partial charge in [0.05, 0.1) is 12.1 Å². The Morgan fingerprint density at radius 1 is 1.07 bits per heavy atom. The lowest BCUT2D eigenvalue weighted by molar-refractivity contribution is -0.0390. The molecule has 2 aliphatic heterocycles. The first-order valence-electron chi connectivity index (χ1n) is 6.07. The zero-order valence-corrected chi connectivity index (χ0v) is 9.28. The second-order valence-electron chi connectivity index (χ2n) is 4.55. The van der Waals surface area contributed by atoms with Crippen molar-refractivity contribution < 1.29 is 9.47 Å². The molecule has 0 amide bonds. The summed E-state index contributed by atoms with van der Waals surface area (Å²) in [5.74, 6) is 6.28. The first-order valence-corrected chi connectivity index (χ1v) is 6.07. The van der Waals surface area contributed by atoms with E-state index in [1.54, 1.807) is 0 Å². The highest BCUT2D eigenvalue weighted by Gasteiger charge is 2.31. The SMILES string of the molecule is NNC(C1CCOCC1)C1CCCCO1. The molecule has 0 aliphatic carbocycles. The summed E-state index contributed by atoms with van der Waals surface area (Å²) in [6.45, 7) is 2.64. The molecule has 2 unspecified atom stereocenters. The third kappa shape index (κ3) is 2.91. The second-order valence-corrected chi connectivity index (χ2v) is 4.55. The maximum atomic E-state index is 5.80. The Kier molecular flexibility index (Phi) is 4.38. The predicted molar refractivity (Wildman–Crippen MR) is 58.2 cm³/mol. The summed E-state index contributed by atoms with van der Waals surface area (Å²) in [5.41, 5.74) is 2.96. The number of rotatable bonds is 3. The largest absolute Gasteiger partial charge is 0.381 e. The maximum Gasteiger partial charge on any atom is 0.0744 e. The molecule has 0 aromatic heterocycles. The molecule has 0 radical (unpaired) electrons. The zero-order valence-electron chi connectivity index (χ0n) is 9.28. The van der Waals surface area contributed by atoms with E-state index < -0.39 is 0 Å². The monoisotopic (exact) mass is 214 g/mol. The van der Waals surface area contributed by atoms with Gasteiger partial charge in [0.1, 0.15) is 0 Å². The highest BCUT2D eigenvalue weighted by molar-refractivity contribution is 4.85. The molecular formula is C11H22N2O2. The van der Waals surface area contributed by atoms with Crippen molar-refractivity contribution in [1.29, 1.82) is 0 Å².